The molecule has 0 aromatic rings. The SMILES string of the molecule is CC#CCCC(N)CC1CCSCC1. The van der Waals surface area contributed by atoms with Crippen molar-refractivity contribution in [2.45, 2.75) is 45.1 Å². The maximum atomic E-state index is 6.07. The van der Waals surface area contributed by atoms with Crippen LogP contribution >= 0.6 is 11.8 Å². The van der Waals surface area contributed by atoms with Gasteiger partial charge in [-0.3, -0.25) is 0 Å². The predicted molar refractivity (Wildman–Crippen MR) is 65.3 cm³/mol. The minimum absolute atomic E-state index is 0.379. The number of hydrogen-bond donors (Lipinski definition) is 1. The topological polar surface area (TPSA) is 26.0 Å². The predicted octanol–water partition coefficient (Wildman–Crippen LogP) is 2.65. The van der Waals surface area contributed by atoms with Crippen molar-refractivity contribution in [3.63, 3.8) is 0 Å². The van der Waals surface area contributed by atoms with Crippen LogP contribution in [0.15, 0.2) is 0 Å². The van der Waals surface area contributed by atoms with E-state index in [0.29, 0.717) is 6.04 Å². The molecule has 0 saturated carbocycles. The summed E-state index contributed by atoms with van der Waals surface area (Å²) < 4.78 is 0. The molecule has 2 heteroatoms. The second kappa shape index (κ2) is 7.20. The quantitative estimate of drug-likeness (QED) is 0.724. The molecule has 1 atom stereocenters. The zero-order chi connectivity index (χ0) is 10.2. The highest BCUT2D eigenvalue weighted by Gasteiger charge is 2.16. The van der Waals surface area contributed by atoms with E-state index in [9.17, 15) is 0 Å². The average molecular weight is 211 g/mol. The van der Waals surface area contributed by atoms with Crippen molar-refractivity contribution in [1.29, 1.82) is 0 Å². The lowest BCUT2D eigenvalue weighted by atomic mass is 9.93. The molecule has 0 aliphatic carbocycles. The molecule has 1 rings (SSSR count). The van der Waals surface area contributed by atoms with E-state index in [1.54, 1.807) is 0 Å². The molecule has 0 aromatic carbocycles. The smallest absolute Gasteiger partial charge is 0.0103 e. The van der Waals surface area contributed by atoms with Gasteiger partial charge < -0.3 is 5.73 Å². The van der Waals surface area contributed by atoms with E-state index in [0.717, 1.165) is 18.8 Å². The summed E-state index contributed by atoms with van der Waals surface area (Å²) in [5, 5.41) is 0. The van der Waals surface area contributed by atoms with Gasteiger partial charge in [-0.05, 0) is 50.0 Å². The van der Waals surface area contributed by atoms with Gasteiger partial charge in [0, 0.05) is 12.5 Å². The Morgan fingerprint density at radius 3 is 2.79 bits per heavy atom. The first-order valence-electron chi connectivity index (χ1n) is 5.56. The molecule has 0 bridgehead atoms. The summed E-state index contributed by atoms with van der Waals surface area (Å²) in [4.78, 5) is 0. The van der Waals surface area contributed by atoms with Gasteiger partial charge in [-0.1, -0.05) is 0 Å². The Hall–Kier alpha value is -0.130. The summed E-state index contributed by atoms with van der Waals surface area (Å²) in [6, 6.07) is 0.379. The van der Waals surface area contributed by atoms with Crippen molar-refractivity contribution < 1.29 is 0 Å². The molecule has 1 nitrogen and oxygen atoms in total. The first kappa shape index (κ1) is 11.9. The highest BCUT2D eigenvalue weighted by Crippen LogP contribution is 2.26. The Labute approximate surface area is 92.2 Å². The van der Waals surface area contributed by atoms with Crippen LogP contribution in [-0.2, 0) is 0 Å². The third-order valence-electron chi connectivity index (χ3n) is 2.79. The van der Waals surface area contributed by atoms with Gasteiger partial charge in [0.05, 0.1) is 0 Å². The van der Waals surface area contributed by atoms with Gasteiger partial charge in [-0.25, -0.2) is 0 Å². The molecule has 1 aliphatic rings. The van der Waals surface area contributed by atoms with E-state index in [2.05, 4.69) is 23.6 Å². The minimum atomic E-state index is 0.379. The Morgan fingerprint density at radius 1 is 1.43 bits per heavy atom. The van der Waals surface area contributed by atoms with Gasteiger partial charge in [-0.15, -0.1) is 11.8 Å². The molecular weight excluding hydrogens is 190 g/mol. The summed E-state index contributed by atoms with van der Waals surface area (Å²) in [6.45, 7) is 1.89. The van der Waals surface area contributed by atoms with Crippen LogP contribution in [-0.4, -0.2) is 17.5 Å². The first-order chi connectivity index (χ1) is 6.83. The van der Waals surface area contributed by atoms with Crippen LogP contribution in [0.25, 0.3) is 0 Å². The summed E-state index contributed by atoms with van der Waals surface area (Å²) >= 11 is 2.08. The molecule has 80 valence electrons. The largest absolute Gasteiger partial charge is 0.328 e. The fraction of sp³-hybridized carbons (Fsp3) is 0.833. The standard InChI is InChI=1S/C12H21NS/c1-2-3-4-5-12(13)10-11-6-8-14-9-7-11/h11-12H,4-10,13H2,1H3. The molecule has 0 aromatic heterocycles. The lowest BCUT2D eigenvalue weighted by molar-refractivity contribution is 0.398. The van der Waals surface area contributed by atoms with Gasteiger partial charge in [-0.2, -0.15) is 11.8 Å². The summed E-state index contributed by atoms with van der Waals surface area (Å²) in [5.74, 6) is 9.57. The zero-order valence-corrected chi connectivity index (χ0v) is 9.91. The fourth-order valence-corrected chi connectivity index (χ4v) is 3.11. The van der Waals surface area contributed by atoms with Crippen molar-refractivity contribution in [3.05, 3.63) is 0 Å². The molecule has 1 heterocycles. The van der Waals surface area contributed by atoms with Crippen LogP contribution in [0.4, 0.5) is 0 Å². The van der Waals surface area contributed by atoms with Crippen molar-refractivity contribution in [2.24, 2.45) is 11.7 Å². The normalized spacial score (nSPS) is 19.9. The second-order valence-corrected chi connectivity index (χ2v) is 5.24. The minimum Gasteiger partial charge on any atom is -0.328 e. The number of hydrogen-bond acceptors (Lipinski definition) is 2. The fourth-order valence-electron chi connectivity index (χ4n) is 1.91. The summed E-state index contributed by atoms with van der Waals surface area (Å²) in [6.07, 6.45) is 6.01. The summed E-state index contributed by atoms with van der Waals surface area (Å²) in [5.41, 5.74) is 6.07. The van der Waals surface area contributed by atoms with Crippen molar-refractivity contribution >= 4 is 11.8 Å². The Balaban J connectivity index is 2.10. The van der Waals surface area contributed by atoms with Gasteiger partial charge in [0.15, 0.2) is 0 Å². The second-order valence-electron chi connectivity index (χ2n) is 4.02. The van der Waals surface area contributed by atoms with E-state index < -0.39 is 0 Å². The van der Waals surface area contributed by atoms with Crippen LogP contribution in [0.5, 0.6) is 0 Å². The third-order valence-corrected chi connectivity index (χ3v) is 3.84. The maximum Gasteiger partial charge on any atom is 0.0103 e. The van der Waals surface area contributed by atoms with Crippen LogP contribution in [0.1, 0.15) is 39.0 Å². The Bertz CT molecular complexity index is 198. The molecule has 2 N–H and O–H groups in total. The molecule has 14 heavy (non-hydrogen) atoms. The lowest BCUT2D eigenvalue weighted by Gasteiger charge is -2.23. The first-order valence-corrected chi connectivity index (χ1v) is 6.71. The third kappa shape index (κ3) is 4.93. The van der Waals surface area contributed by atoms with Gasteiger partial charge in [0.1, 0.15) is 0 Å². The Kier molecular flexibility index (Phi) is 6.14. The molecular formula is C12H21NS. The summed E-state index contributed by atoms with van der Waals surface area (Å²) in [7, 11) is 0. The van der Waals surface area contributed by atoms with E-state index in [4.69, 9.17) is 5.73 Å². The van der Waals surface area contributed by atoms with Gasteiger partial charge in [0.2, 0.25) is 0 Å². The van der Waals surface area contributed by atoms with E-state index in [1.165, 1.54) is 30.8 Å². The maximum absolute atomic E-state index is 6.07. The molecule has 0 radical (unpaired) electrons. The molecule has 1 unspecified atom stereocenters. The highest BCUT2D eigenvalue weighted by molar-refractivity contribution is 7.99. The number of thioether (sulfide) groups is 1. The van der Waals surface area contributed by atoms with Crippen LogP contribution < -0.4 is 5.73 Å². The van der Waals surface area contributed by atoms with Crippen molar-refractivity contribution in [2.75, 3.05) is 11.5 Å². The highest BCUT2D eigenvalue weighted by atomic mass is 32.2. The Morgan fingerprint density at radius 2 is 2.14 bits per heavy atom. The molecule has 0 spiro atoms. The lowest BCUT2D eigenvalue weighted by Crippen LogP contribution is -2.25. The van der Waals surface area contributed by atoms with E-state index in [-0.39, 0.29) is 0 Å². The molecule has 1 saturated heterocycles. The van der Waals surface area contributed by atoms with Crippen molar-refractivity contribution in [3.8, 4) is 11.8 Å². The van der Waals surface area contributed by atoms with Crippen LogP contribution in [0, 0.1) is 17.8 Å². The molecule has 1 aliphatic heterocycles. The molecule has 0 amide bonds. The van der Waals surface area contributed by atoms with E-state index in [1.807, 2.05) is 6.92 Å². The zero-order valence-electron chi connectivity index (χ0n) is 9.09. The number of nitrogens with two attached hydrogens (primary N) is 1. The van der Waals surface area contributed by atoms with Crippen LogP contribution in [0.3, 0.4) is 0 Å². The van der Waals surface area contributed by atoms with Crippen molar-refractivity contribution in [1.82, 2.24) is 0 Å². The van der Waals surface area contributed by atoms with Gasteiger partial charge in [0.25, 0.3) is 0 Å². The average Bonchev–Trinajstić information content (AvgIpc) is 2.20. The van der Waals surface area contributed by atoms with Gasteiger partial charge >= 0.3 is 0 Å². The molecule has 1 fully saturated rings. The monoisotopic (exact) mass is 211 g/mol. The van der Waals surface area contributed by atoms with Crippen LogP contribution in [0.2, 0.25) is 0 Å². The number of rotatable bonds is 4. The van der Waals surface area contributed by atoms with E-state index >= 15 is 0 Å².